The van der Waals surface area contributed by atoms with Crippen molar-refractivity contribution in [3.8, 4) is 0 Å². The zero-order chi connectivity index (χ0) is 14.2. The molecule has 2 amide bonds. The van der Waals surface area contributed by atoms with Crippen LogP contribution in [0.2, 0.25) is 0 Å². The van der Waals surface area contributed by atoms with Gasteiger partial charge in [-0.05, 0) is 37.5 Å². The number of carbonyl (C=O) groups is 2. The van der Waals surface area contributed by atoms with Crippen LogP contribution in [0.5, 0.6) is 0 Å². The van der Waals surface area contributed by atoms with Crippen molar-refractivity contribution >= 4 is 17.5 Å². The average Bonchev–Trinajstić information content (AvgIpc) is 2.36. The van der Waals surface area contributed by atoms with Gasteiger partial charge in [0, 0.05) is 13.0 Å². The quantitative estimate of drug-likeness (QED) is 0.822. The summed E-state index contributed by atoms with van der Waals surface area (Å²) in [7, 11) is 0. The second kappa shape index (κ2) is 4.75. The van der Waals surface area contributed by atoms with Gasteiger partial charge in [-0.2, -0.15) is 0 Å². The van der Waals surface area contributed by atoms with Gasteiger partial charge in [0.15, 0.2) is 0 Å². The lowest BCUT2D eigenvalue weighted by Gasteiger charge is -2.32. The summed E-state index contributed by atoms with van der Waals surface area (Å²) in [6.07, 6.45) is 0.862. The molecule has 0 atom stereocenters. The summed E-state index contributed by atoms with van der Waals surface area (Å²) in [5.41, 5.74) is 6.45. The van der Waals surface area contributed by atoms with Gasteiger partial charge in [0.25, 0.3) is 5.91 Å². The van der Waals surface area contributed by atoms with Crippen LogP contribution in [0.3, 0.4) is 0 Å². The van der Waals surface area contributed by atoms with Gasteiger partial charge in [0.05, 0.1) is 5.69 Å². The van der Waals surface area contributed by atoms with Crippen molar-refractivity contribution in [1.82, 2.24) is 0 Å². The molecular weight excluding hydrogens is 244 g/mol. The van der Waals surface area contributed by atoms with Crippen molar-refractivity contribution in [2.24, 2.45) is 5.73 Å². The molecule has 102 valence electrons. The number of nitrogens with zero attached hydrogens (tertiary/aromatic N) is 1. The third-order valence-electron chi connectivity index (χ3n) is 3.20. The minimum Gasteiger partial charge on any atom is -0.381 e. The largest absolute Gasteiger partial charge is 0.381 e. The third-order valence-corrected chi connectivity index (χ3v) is 3.20. The number of imide groups is 1. The smallest absolute Gasteiger partial charge is 0.265 e. The Labute approximate surface area is 112 Å². The van der Waals surface area contributed by atoms with Gasteiger partial charge in [0.1, 0.15) is 5.60 Å². The van der Waals surface area contributed by atoms with Crippen LogP contribution in [0, 0.1) is 0 Å². The average molecular weight is 262 g/mol. The fourth-order valence-corrected chi connectivity index (χ4v) is 2.17. The number of hydrogen-bond acceptors (Lipinski definition) is 4. The topological polar surface area (TPSA) is 83.6 Å². The maximum atomic E-state index is 12.2. The van der Waals surface area contributed by atoms with E-state index >= 15 is 0 Å². The molecular formula is C14H18N2O3. The van der Waals surface area contributed by atoms with E-state index in [4.69, 9.17) is 5.73 Å². The molecule has 1 aliphatic heterocycles. The van der Waals surface area contributed by atoms with Gasteiger partial charge in [-0.25, -0.2) is 4.90 Å². The fourth-order valence-electron chi connectivity index (χ4n) is 2.17. The predicted octanol–water partition coefficient (Wildman–Crippen LogP) is 0.722. The van der Waals surface area contributed by atoms with Crippen molar-refractivity contribution < 1.29 is 14.7 Å². The monoisotopic (exact) mass is 262 g/mol. The first-order valence-electron chi connectivity index (χ1n) is 6.26. The second-order valence-corrected chi connectivity index (χ2v) is 5.26. The Hall–Kier alpha value is -1.72. The van der Waals surface area contributed by atoms with Crippen LogP contribution >= 0.6 is 0 Å². The van der Waals surface area contributed by atoms with Gasteiger partial charge in [-0.15, -0.1) is 0 Å². The summed E-state index contributed by atoms with van der Waals surface area (Å²) in [6.45, 7) is 3.18. The summed E-state index contributed by atoms with van der Waals surface area (Å²) < 4.78 is 0. The normalized spacial score (nSPS) is 15.4. The van der Waals surface area contributed by atoms with Crippen LogP contribution in [0.1, 0.15) is 31.4 Å². The molecule has 0 bridgehead atoms. The molecule has 0 spiro atoms. The van der Waals surface area contributed by atoms with E-state index in [1.165, 1.54) is 13.8 Å². The third kappa shape index (κ3) is 2.52. The molecule has 5 heteroatoms. The zero-order valence-electron chi connectivity index (χ0n) is 11.1. The van der Waals surface area contributed by atoms with Crippen LogP contribution in [0.4, 0.5) is 5.69 Å². The molecule has 2 rings (SSSR count). The predicted molar refractivity (Wildman–Crippen MR) is 71.4 cm³/mol. The molecule has 0 saturated heterocycles. The number of fused-ring (bicyclic) bond motifs is 1. The van der Waals surface area contributed by atoms with Gasteiger partial charge < -0.3 is 10.8 Å². The van der Waals surface area contributed by atoms with Crippen LogP contribution in [0.25, 0.3) is 0 Å². The first kappa shape index (κ1) is 13.7. The number of nitrogens with two attached hydrogens (primary N) is 1. The number of rotatable bonds is 2. The lowest BCUT2D eigenvalue weighted by atomic mass is 9.96. The van der Waals surface area contributed by atoms with E-state index < -0.39 is 11.5 Å². The number of aryl methyl sites for hydroxylation is 1. The number of hydrogen-bond donors (Lipinski definition) is 2. The van der Waals surface area contributed by atoms with E-state index in [0.29, 0.717) is 18.7 Å². The molecule has 0 radical (unpaired) electrons. The number of amides is 2. The Kier molecular flexibility index (Phi) is 3.43. The molecule has 1 heterocycles. The van der Waals surface area contributed by atoms with Crippen LogP contribution in [-0.2, 0) is 22.6 Å². The Morgan fingerprint density at radius 1 is 1.42 bits per heavy atom. The molecule has 0 fully saturated rings. The van der Waals surface area contributed by atoms with Crippen molar-refractivity contribution in [1.29, 1.82) is 0 Å². The van der Waals surface area contributed by atoms with Crippen molar-refractivity contribution in [2.45, 2.75) is 38.8 Å². The number of aliphatic hydroxyl groups is 1. The van der Waals surface area contributed by atoms with Gasteiger partial charge in [-0.3, -0.25) is 9.59 Å². The summed E-state index contributed by atoms with van der Waals surface area (Å²) in [5.74, 6) is -0.876. The molecule has 1 aromatic carbocycles. The molecule has 19 heavy (non-hydrogen) atoms. The molecule has 0 aliphatic carbocycles. The van der Waals surface area contributed by atoms with E-state index in [1.807, 2.05) is 6.07 Å². The molecule has 3 N–H and O–H groups in total. The highest BCUT2D eigenvalue weighted by Gasteiger charge is 2.37. The Bertz CT molecular complexity index is 532. The highest BCUT2D eigenvalue weighted by molar-refractivity contribution is 6.18. The van der Waals surface area contributed by atoms with E-state index in [9.17, 15) is 14.7 Å². The molecule has 5 nitrogen and oxygen atoms in total. The maximum Gasteiger partial charge on any atom is 0.265 e. The molecule has 0 aromatic heterocycles. The standard InChI is InChI=1S/C14H18N2O3/c1-14(2,19)13(18)16-11-5-3-9(8-15)7-10(11)4-6-12(16)17/h3,5,7,19H,4,6,8,15H2,1-2H3. The summed E-state index contributed by atoms with van der Waals surface area (Å²) >= 11 is 0. The van der Waals surface area contributed by atoms with E-state index in [2.05, 4.69) is 0 Å². The minimum absolute atomic E-state index is 0.267. The lowest BCUT2D eigenvalue weighted by Crippen LogP contribution is -2.50. The van der Waals surface area contributed by atoms with E-state index in [-0.39, 0.29) is 12.3 Å². The molecule has 0 saturated carbocycles. The van der Waals surface area contributed by atoms with E-state index in [0.717, 1.165) is 16.0 Å². The molecule has 1 aromatic rings. The SMILES string of the molecule is CC(C)(O)C(=O)N1C(=O)CCc2cc(CN)ccc21. The van der Waals surface area contributed by atoms with Gasteiger partial charge in [0.2, 0.25) is 5.91 Å². The summed E-state index contributed by atoms with van der Waals surface area (Å²) in [5, 5.41) is 9.82. The van der Waals surface area contributed by atoms with Gasteiger partial charge in [-0.1, -0.05) is 12.1 Å². The van der Waals surface area contributed by atoms with Crippen LogP contribution in [-0.4, -0.2) is 22.5 Å². The first-order valence-corrected chi connectivity index (χ1v) is 6.26. The fraction of sp³-hybridized carbons (Fsp3) is 0.429. The minimum atomic E-state index is -1.57. The Morgan fingerprint density at radius 3 is 2.68 bits per heavy atom. The Morgan fingerprint density at radius 2 is 2.11 bits per heavy atom. The van der Waals surface area contributed by atoms with Crippen molar-refractivity contribution in [3.63, 3.8) is 0 Å². The summed E-state index contributed by atoms with van der Waals surface area (Å²) in [6, 6.07) is 5.42. The van der Waals surface area contributed by atoms with Crippen LogP contribution < -0.4 is 10.6 Å². The number of carbonyl (C=O) groups excluding carboxylic acids is 2. The Balaban J connectivity index is 2.47. The highest BCUT2D eigenvalue weighted by atomic mass is 16.3. The molecule has 1 aliphatic rings. The zero-order valence-corrected chi connectivity index (χ0v) is 11.1. The maximum absolute atomic E-state index is 12.2. The first-order chi connectivity index (χ1) is 8.84. The van der Waals surface area contributed by atoms with E-state index in [1.54, 1.807) is 12.1 Å². The highest BCUT2D eigenvalue weighted by Crippen LogP contribution is 2.30. The lowest BCUT2D eigenvalue weighted by molar-refractivity contribution is -0.137. The number of benzene rings is 1. The molecule has 0 unspecified atom stereocenters. The van der Waals surface area contributed by atoms with Crippen molar-refractivity contribution in [3.05, 3.63) is 29.3 Å². The van der Waals surface area contributed by atoms with Crippen molar-refractivity contribution in [2.75, 3.05) is 4.90 Å². The summed E-state index contributed by atoms with van der Waals surface area (Å²) in [4.78, 5) is 25.2. The van der Waals surface area contributed by atoms with Gasteiger partial charge >= 0.3 is 0 Å². The number of anilines is 1. The van der Waals surface area contributed by atoms with Crippen LogP contribution in [0.15, 0.2) is 18.2 Å². The second-order valence-electron chi connectivity index (χ2n) is 5.26.